The highest BCUT2D eigenvalue weighted by atomic mass is 16.6. The van der Waals surface area contributed by atoms with Crippen LogP contribution in [-0.4, -0.2) is 80.0 Å². The topological polar surface area (TPSA) is 159 Å². The van der Waals surface area contributed by atoms with Crippen molar-refractivity contribution in [2.24, 2.45) is 0 Å². The number of hydrogen-bond donors (Lipinski definition) is 4. The minimum absolute atomic E-state index is 0.0774. The third-order valence-corrected chi connectivity index (χ3v) is 3.74. The van der Waals surface area contributed by atoms with Gasteiger partial charge in [-0.25, -0.2) is 9.59 Å². The van der Waals surface area contributed by atoms with Crippen LogP contribution in [0.1, 0.15) is 20.7 Å². The molecule has 0 saturated carbocycles. The van der Waals surface area contributed by atoms with Gasteiger partial charge in [-0.15, -0.1) is 0 Å². The molecule has 0 fully saturated rings. The minimum Gasteiger partial charge on any atom is -0.459 e. The van der Waals surface area contributed by atoms with E-state index in [9.17, 15) is 30.0 Å². The van der Waals surface area contributed by atoms with Crippen molar-refractivity contribution in [3.05, 3.63) is 60.2 Å². The maximum absolute atomic E-state index is 12.0. The van der Waals surface area contributed by atoms with Crippen LogP contribution in [0.15, 0.2) is 49.1 Å². The largest absolute Gasteiger partial charge is 0.459 e. The van der Waals surface area contributed by atoms with Gasteiger partial charge in [0.1, 0.15) is 24.9 Å². The average Bonchev–Trinajstić information content (AvgIpc) is 2.75. The Balaban J connectivity index is 1.90. The second-order valence-corrected chi connectivity index (χ2v) is 5.76. The van der Waals surface area contributed by atoms with Gasteiger partial charge in [0.2, 0.25) is 0 Å². The van der Waals surface area contributed by atoms with Crippen molar-refractivity contribution >= 4 is 11.9 Å². The van der Waals surface area contributed by atoms with Gasteiger partial charge >= 0.3 is 11.9 Å². The van der Waals surface area contributed by atoms with Gasteiger partial charge < -0.3 is 29.9 Å². The number of pyridine rings is 2. The van der Waals surface area contributed by atoms with Crippen molar-refractivity contribution in [2.45, 2.75) is 24.4 Å². The van der Waals surface area contributed by atoms with Crippen LogP contribution in [0.3, 0.4) is 0 Å². The number of carbonyl (C=O) groups is 2. The highest BCUT2D eigenvalue weighted by molar-refractivity contribution is 5.89. The summed E-state index contributed by atoms with van der Waals surface area (Å²) in [5, 5.41) is 39.4. The molecule has 4 N–H and O–H groups in total. The highest BCUT2D eigenvalue weighted by Crippen LogP contribution is 2.12. The van der Waals surface area contributed by atoms with Crippen LogP contribution in [0, 0.1) is 0 Å². The van der Waals surface area contributed by atoms with E-state index in [0.29, 0.717) is 0 Å². The van der Waals surface area contributed by atoms with Gasteiger partial charge in [-0.05, 0) is 24.3 Å². The van der Waals surface area contributed by atoms with E-state index in [0.717, 1.165) is 0 Å². The normalized spacial score (nSPS) is 15.1. The van der Waals surface area contributed by atoms with Gasteiger partial charge in [-0.1, -0.05) is 0 Å². The molecule has 0 unspecified atom stereocenters. The standard InChI is InChI=1S/C18H20N2O8/c21-9-14(28-18(26)12-4-2-6-20-8-12)16(24)15(23)13(22)10-27-17(25)11-3-1-5-19-7-11/h1-8,13-16,21-24H,9-10H2/t13-,14-,15-,16-/m1/s1. The van der Waals surface area contributed by atoms with Crippen molar-refractivity contribution in [3.63, 3.8) is 0 Å². The summed E-state index contributed by atoms with van der Waals surface area (Å²) in [7, 11) is 0. The number of aliphatic hydroxyl groups excluding tert-OH is 4. The Bertz CT molecular complexity index is 759. The molecule has 0 aliphatic heterocycles. The van der Waals surface area contributed by atoms with Gasteiger partial charge in [-0.3, -0.25) is 9.97 Å². The Kier molecular flexibility index (Phi) is 7.96. The minimum atomic E-state index is -1.86. The lowest BCUT2D eigenvalue weighted by atomic mass is 10.0. The molecule has 0 saturated heterocycles. The summed E-state index contributed by atoms with van der Waals surface area (Å²) in [5.41, 5.74) is 0.219. The summed E-state index contributed by atoms with van der Waals surface area (Å²) in [6.45, 7) is -1.45. The molecule has 2 aromatic heterocycles. The van der Waals surface area contributed by atoms with E-state index >= 15 is 0 Å². The lowest BCUT2D eigenvalue weighted by molar-refractivity contribution is -0.127. The fourth-order valence-electron chi connectivity index (χ4n) is 2.18. The molecule has 2 aromatic rings. The van der Waals surface area contributed by atoms with Gasteiger partial charge in [0.25, 0.3) is 0 Å². The van der Waals surface area contributed by atoms with Crippen molar-refractivity contribution < 1.29 is 39.5 Å². The van der Waals surface area contributed by atoms with E-state index in [1.54, 1.807) is 0 Å². The van der Waals surface area contributed by atoms with Crippen LogP contribution in [0.2, 0.25) is 0 Å². The maximum Gasteiger partial charge on any atom is 0.340 e. The summed E-state index contributed by atoms with van der Waals surface area (Å²) >= 11 is 0. The molecule has 0 amide bonds. The second kappa shape index (κ2) is 10.4. The number of nitrogens with zero attached hydrogens (tertiary/aromatic N) is 2. The van der Waals surface area contributed by atoms with E-state index in [4.69, 9.17) is 9.47 Å². The summed E-state index contributed by atoms with van der Waals surface area (Å²) < 4.78 is 9.79. The molecule has 4 atom stereocenters. The van der Waals surface area contributed by atoms with Crippen molar-refractivity contribution in [1.29, 1.82) is 0 Å². The van der Waals surface area contributed by atoms with Crippen LogP contribution >= 0.6 is 0 Å². The zero-order valence-electron chi connectivity index (χ0n) is 14.7. The summed E-state index contributed by atoms with van der Waals surface area (Å²) in [6, 6.07) is 5.89. The van der Waals surface area contributed by atoms with Gasteiger partial charge in [-0.2, -0.15) is 0 Å². The number of hydrogen-bond acceptors (Lipinski definition) is 10. The van der Waals surface area contributed by atoms with Crippen LogP contribution in [0.5, 0.6) is 0 Å². The quantitative estimate of drug-likeness (QED) is 0.387. The molecule has 2 rings (SSSR count). The Morgan fingerprint density at radius 1 is 0.929 bits per heavy atom. The van der Waals surface area contributed by atoms with Gasteiger partial charge in [0.15, 0.2) is 6.10 Å². The first kappa shape index (κ1) is 21.4. The molecule has 150 valence electrons. The SMILES string of the molecule is O=C(OC[C@@H](O)[C@@H](O)[C@H](O)[C@@H](CO)OC(=O)c1cccnc1)c1cccnc1. The average molecular weight is 392 g/mol. The zero-order valence-corrected chi connectivity index (χ0v) is 14.7. The number of ether oxygens (including phenoxy) is 2. The third kappa shape index (κ3) is 5.79. The maximum atomic E-state index is 12.0. The number of carbonyl (C=O) groups excluding carboxylic acids is 2. The molecular weight excluding hydrogens is 372 g/mol. The van der Waals surface area contributed by atoms with Crippen molar-refractivity contribution in [1.82, 2.24) is 9.97 Å². The van der Waals surface area contributed by atoms with Crippen LogP contribution < -0.4 is 0 Å². The van der Waals surface area contributed by atoms with E-state index in [-0.39, 0.29) is 11.1 Å². The van der Waals surface area contributed by atoms with E-state index in [2.05, 4.69) is 9.97 Å². The number of esters is 2. The first-order valence-electron chi connectivity index (χ1n) is 8.27. The Hall–Kier alpha value is -2.92. The monoisotopic (exact) mass is 392 g/mol. The van der Waals surface area contributed by atoms with E-state index in [1.165, 1.54) is 49.1 Å². The molecule has 0 aliphatic rings. The highest BCUT2D eigenvalue weighted by Gasteiger charge is 2.34. The number of aromatic nitrogens is 2. The first-order chi connectivity index (χ1) is 13.4. The molecule has 0 radical (unpaired) electrons. The third-order valence-electron chi connectivity index (χ3n) is 3.74. The lowest BCUT2D eigenvalue weighted by Crippen LogP contribution is -2.49. The predicted octanol–water partition coefficient (Wildman–Crippen LogP) is -1.07. The Morgan fingerprint density at radius 3 is 2.00 bits per heavy atom. The second-order valence-electron chi connectivity index (χ2n) is 5.76. The molecule has 0 spiro atoms. The van der Waals surface area contributed by atoms with E-state index in [1.807, 2.05) is 0 Å². The molecule has 0 aliphatic carbocycles. The molecule has 28 heavy (non-hydrogen) atoms. The molecule has 10 heteroatoms. The molecular formula is C18H20N2O8. The first-order valence-corrected chi connectivity index (χ1v) is 8.27. The van der Waals surface area contributed by atoms with Crippen LogP contribution in [-0.2, 0) is 9.47 Å². The summed E-state index contributed by atoms with van der Waals surface area (Å²) in [4.78, 5) is 31.3. The number of aliphatic hydroxyl groups is 4. The van der Waals surface area contributed by atoms with Gasteiger partial charge in [0.05, 0.1) is 17.7 Å². The Labute approximate surface area is 160 Å². The van der Waals surface area contributed by atoms with Crippen LogP contribution in [0.4, 0.5) is 0 Å². The van der Waals surface area contributed by atoms with Crippen molar-refractivity contribution in [2.75, 3.05) is 13.2 Å². The van der Waals surface area contributed by atoms with Gasteiger partial charge in [0, 0.05) is 24.8 Å². The molecule has 2 heterocycles. The predicted molar refractivity (Wildman–Crippen MR) is 93.1 cm³/mol. The van der Waals surface area contributed by atoms with Crippen LogP contribution in [0.25, 0.3) is 0 Å². The molecule has 10 nitrogen and oxygen atoms in total. The number of rotatable bonds is 9. The smallest absolute Gasteiger partial charge is 0.340 e. The molecule has 0 bridgehead atoms. The fourth-order valence-corrected chi connectivity index (χ4v) is 2.18. The summed E-state index contributed by atoms with van der Waals surface area (Å²) in [6.07, 6.45) is -1.51. The Morgan fingerprint density at radius 2 is 1.50 bits per heavy atom. The van der Waals surface area contributed by atoms with Crippen molar-refractivity contribution in [3.8, 4) is 0 Å². The summed E-state index contributed by atoms with van der Waals surface area (Å²) in [5.74, 6) is -1.66. The molecule has 0 aromatic carbocycles. The van der Waals surface area contributed by atoms with E-state index < -0.39 is 49.6 Å². The zero-order chi connectivity index (χ0) is 20.5. The lowest BCUT2D eigenvalue weighted by Gasteiger charge is -2.28. The fraction of sp³-hybridized carbons (Fsp3) is 0.333.